The van der Waals surface area contributed by atoms with Crippen molar-refractivity contribution in [1.82, 2.24) is 14.6 Å². The van der Waals surface area contributed by atoms with Gasteiger partial charge in [0.15, 0.2) is 0 Å². The smallest absolute Gasteiger partial charge is 0.252 e. The predicted octanol–water partition coefficient (Wildman–Crippen LogP) is 3.05. The first-order chi connectivity index (χ1) is 13.8. The standard InChI is InChI=1S/C21H22FN3O3S/c1-25(29(2,27)28)13-5-12-23-21(26)18-14-20(15-8-10-16(22)11-9-15)24-19-7-4-3-6-17(18)19/h3-4,6-11,14H,5,12-13H2,1-2H3,(H,23,26). The molecular formula is C21H22FN3O3S. The molecule has 0 atom stereocenters. The zero-order chi connectivity index (χ0) is 21.0. The Morgan fingerprint density at radius 1 is 1.14 bits per heavy atom. The van der Waals surface area contributed by atoms with E-state index in [1.54, 1.807) is 18.2 Å². The molecule has 3 aromatic rings. The molecule has 1 aromatic heterocycles. The summed E-state index contributed by atoms with van der Waals surface area (Å²) < 4.78 is 37.3. The number of aromatic nitrogens is 1. The van der Waals surface area contributed by atoms with Gasteiger partial charge in [-0.2, -0.15) is 0 Å². The summed E-state index contributed by atoms with van der Waals surface area (Å²) in [5.41, 5.74) is 2.41. The minimum Gasteiger partial charge on any atom is -0.352 e. The van der Waals surface area contributed by atoms with Crippen LogP contribution in [0.2, 0.25) is 0 Å². The quantitative estimate of drug-likeness (QED) is 0.602. The molecule has 1 amide bonds. The number of halogens is 1. The van der Waals surface area contributed by atoms with Crippen molar-refractivity contribution in [2.75, 3.05) is 26.4 Å². The molecule has 0 aliphatic heterocycles. The van der Waals surface area contributed by atoms with Crippen LogP contribution in [0, 0.1) is 5.82 Å². The van der Waals surface area contributed by atoms with Crippen LogP contribution in [0.3, 0.4) is 0 Å². The summed E-state index contributed by atoms with van der Waals surface area (Å²) in [6.07, 6.45) is 1.63. The summed E-state index contributed by atoms with van der Waals surface area (Å²) in [4.78, 5) is 17.4. The van der Waals surface area contributed by atoms with Crippen LogP contribution in [0.1, 0.15) is 16.8 Å². The SMILES string of the molecule is CN(CCCNC(=O)c1cc(-c2ccc(F)cc2)nc2ccccc12)S(C)(=O)=O. The minimum atomic E-state index is -3.24. The van der Waals surface area contributed by atoms with E-state index in [1.807, 2.05) is 24.3 Å². The van der Waals surface area contributed by atoms with E-state index < -0.39 is 10.0 Å². The molecule has 0 saturated heterocycles. The Balaban J connectivity index is 1.82. The maximum absolute atomic E-state index is 13.2. The van der Waals surface area contributed by atoms with Crippen molar-refractivity contribution < 1.29 is 17.6 Å². The van der Waals surface area contributed by atoms with Gasteiger partial charge in [-0.05, 0) is 42.8 Å². The molecule has 0 saturated carbocycles. The first kappa shape index (κ1) is 20.9. The number of pyridine rings is 1. The van der Waals surface area contributed by atoms with Gasteiger partial charge in [0.05, 0.1) is 23.0 Å². The lowest BCUT2D eigenvalue weighted by Gasteiger charge is -2.14. The first-order valence-corrected chi connectivity index (χ1v) is 11.0. The number of amides is 1. The van der Waals surface area contributed by atoms with E-state index in [2.05, 4.69) is 10.3 Å². The molecule has 0 fully saturated rings. The fourth-order valence-electron chi connectivity index (χ4n) is 2.90. The Morgan fingerprint density at radius 2 is 1.83 bits per heavy atom. The van der Waals surface area contributed by atoms with Gasteiger partial charge < -0.3 is 5.32 Å². The molecule has 29 heavy (non-hydrogen) atoms. The number of rotatable bonds is 7. The molecule has 0 aliphatic carbocycles. The molecule has 0 aliphatic rings. The van der Waals surface area contributed by atoms with Crippen LogP contribution in [0.4, 0.5) is 4.39 Å². The number of sulfonamides is 1. The van der Waals surface area contributed by atoms with Crippen molar-refractivity contribution in [3.05, 3.63) is 66.0 Å². The molecule has 152 valence electrons. The molecule has 6 nitrogen and oxygen atoms in total. The molecule has 8 heteroatoms. The van der Waals surface area contributed by atoms with Gasteiger partial charge >= 0.3 is 0 Å². The van der Waals surface area contributed by atoms with Crippen molar-refractivity contribution in [3.8, 4) is 11.3 Å². The summed E-state index contributed by atoms with van der Waals surface area (Å²) in [6.45, 7) is 0.651. The highest BCUT2D eigenvalue weighted by molar-refractivity contribution is 7.88. The third-order valence-corrected chi connectivity index (χ3v) is 5.92. The topological polar surface area (TPSA) is 79.4 Å². The highest BCUT2D eigenvalue weighted by atomic mass is 32.2. The largest absolute Gasteiger partial charge is 0.352 e. The molecule has 0 bridgehead atoms. The minimum absolute atomic E-state index is 0.269. The van der Waals surface area contributed by atoms with Crippen molar-refractivity contribution in [2.24, 2.45) is 0 Å². The molecular weight excluding hydrogens is 393 g/mol. The van der Waals surface area contributed by atoms with E-state index in [4.69, 9.17) is 0 Å². The number of fused-ring (bicyclic) bond motifs is 1. The van der Waals surface area contributed by atoms with Gasteiger partial charge in [0, 0.05) is 31.1 Å². The van der Waals surface area contributed by atoms with Gasteiger partial charge in [0.1, 0.15) is 5.82 Å². The number of hydrogen-bond acceptors (Lipinski definition) is 4. The zero-order valence-corrected chi connectivity index (χ0v) is 17.0. The Hall–Kier alpha value is -2.84. The van der Waals surface area contributed by atoms with E-state index in [0.717, 1.165) is 6.26 Å². The third-order valence-electron chi connectivity index (χ3n) is 4.60. The highest BCUT2D eigenvalue weighted by Gasteiger charge is 2.14. The van der Waals surface area contributed by atoms with Crippen LogP contribution in [-0.2, 0) is 10.0 Å². The van der Waals surface area contributed by atoms with Crippen molar-refractivity contribution in [3.63, 3.8) is 0 Å². The normalized spacial score (nSPS) is 11.7. The molecule has 1 heterocycles. The van der Waals surface area contributed by atoms with Gasteiger partial charge in [-0.1, -0.05) is 18.2 Å². The first-order valence-electron chi connectivity index (χ1n) is 9.11. The second-order valence-electron chi connectivity index (χ2n) is 6.77. The van der Waals surface area contributed by atoms with Gasteiger partial charge in [0.2, 0.25) is 10.0 Å². The summed E-state index contributed by atoms with van der Waals surface area (Å²) in [6, 6.07) is 14.9. The van der Waals surface area contributed by atoms with Crippen LogP contribution >= 0.6 is 0 Å². The molecule has 0 radical (unpaired) electrons. The summed E-state index contributed by atoms with van der Waals surface area (Å²) in [5.74, 6) is -0.611. The van der Waals surface area contributed by atoms with E-state index in [9.17, 15) is 17.6 Å². The van der Waals surface area contributed by atoms with Gasteiger partial charge in [0.25, 0.3) is 5.91 Å². The van der Waals surface area contributed by atoms with E-state index in [-0.39, 0.29) is 11.7 Å². The number of para-hydroxylation sites is 1. The Bertz CT molecular complexity index is 1130. The zero-order valence-electron chi connectivity index (χ0n) is 16.2. The van der Waals surface area contributed by atoms with Crippen LogP contribution in [0.25, 0.3) is 22.2 Å². The third kappa shape index (κ3) is 5.16. The van der Waals surface area contributed by atoms with Crippen molar-refractivity contribution >= 4 is 26.8 Å². The Kier molecular flexibility index (Phi) is 6.24. The Labute approximate surface area is 169 Å². The lowest BCUT2D eigenvalue weighted by Crippen LogP contribution is -2.31. The van der Waals surface area contributed by atoms with Crippen molar-refractivity contribution in [2.45, 2.75) is 6.42 Å². The van der Waals surface area contributed by atoms with Crippen LogP contribution in [0.5, 0.6) is 0 Å². The molecule has 0 spiro atoms. The number of carbonyl (C=O) groups is 1. The lowest BCUT2D eigenvalue weighted by atomic mass is 10.0. The lowest BCUT2D eigenvalue weighted by molar-refractivity contribution is 0.0954. The van der Waals surface area contributed by atoms with Gasteiger partial charge in [-0.3, -0.25) is 4.79 Å². The Morgan fingerprint density at radius 3 is 2.52 bits per heavy atom. The predicted molar refractivity (Wildman–Crippen MR) is 112 cm³/mol. The number of carbonyl (C=O) groups excluding carboxylic acids is 1. The van der Waals surface area contributed by atoms with E-state index >= 15 is 0 Å². The molecule has 0 unspecified atom stereocenters. The number of nitrogens with one attached hydrogen (secondary N) is 1. The number of hydrogen-bond donors (Lipinski definition) is 1. The van der Waals surface area contributed by atoms with Gasteiger partial charge in [-0.25, -0.2) is 22.1 Å². The molecule has 3 rings (SSSR count). The maximum atomic E-state index is 13.2. The fraction of sp³-hybridized carbons (Fsp3) is 0.238. The number of nitrogens with zero attached hydrogens (tertiary/aromatic N) is 2. The molecule has 2 aromatic carbocycles. The molecule has 1 N–H and O–H groups in total. The van der Waals surface area contributed by atoms with Crippen molar-refractivity contribution in [1.29, 1.82) is 0 Å². The summed E-state index contributed by atoms with van der Waals surface area (Å²) in [7, 11) is -1.74. The second-order valence-corrected chi connectivity index (χ2v) is 8.86. The average Bonchev–Trinajstić information content (AvgIpc) is 2.69. The van der Waals surface area contributed by atoms with Gasteiger partial charge in [-0.15, -0.1) is 0 Å². The summed E-state index contributed by atoms with van der Waals surface area (Å²) in [5, 5.41) is 3.55. The number of benzene rings is 2. The van der Waals surface area contributed by atoms with E-state index in [1.165, 1.54) is 23.5 Å². The van der Waals surface area contributed by atoms with E-state index in [0.29, 0.717) is 47.2 Å². The van der Waals surface area contributed by atoms with Crippen LogP contribution in [-0.4, -0.2) is 50.0 Å². The average molecular weight is 415 g/mol. The van der Waals surface area contributed by atoms with Crippen LogP contribution < -0.4 is 5.32 Å². The summed E-state index contributed by atoms with van der Waals surface area (Å²) >= 11 is 0. The maximum Gasteiger partial charge on any atom is 0.252 e. The fourth-order valence-corrected chi connectivity index (χ4v) is 3.36. The van der Waals surface area contributed by atoms with Crippen LogP contribution in [0.15, 0.2) is 54.6 Å². The highest BCUT2D eigenvalue weighted by Crippen LogP contribution is 2.25. The monoisotopic (exact) mass is 415 g/mol. The second kappa shape index (κ2) is 8.67.